The highest BCUT2D eigenvalue weighted by Crippen LogP contribution is 2.50. The monoisotopic (exact) mass is 1590 g/mol. The van der Waals surface area contributed by atoms with Gasteiger partial charge in [0.1, 0.15) is 121 Å². The molecule has 3 unspecified atom stereocenters. The third-order valence-electron chi connectivity index (χ3n) is 15.5. The van der Waals surface area contributed by atoms with Crippen LogP contribution in [0.3, 0.4) is 0 Å². The normalized spacial score (nSPS) is 24.0. The predicted molar refractivity (Wildman–Crippen MR) is 377 cm³/mol. The minimum absolute atomic E-state index is 0.0196. The first kappa shape index (κ1) is 86.8. The molecule has 38 nitrogen and oxygen atoms in total. The summed E-state index contributed by atoms with van der Waals surface area (Å²) >= 11 is 1.09. The van der Waals surface area contributed by atoms with E-state index in [-0.39, 0.29) is 51.9 Å². The zero-order chi connectivity index (χ0) is 79.6. The number of ether oxygens (including phenoxy) is 5. The van der Waals surface area contributed by atoms with Crippen LogP contribution in [0.15, 0.2) is 110 Å². The molecule has 0 saturated carbocycles. The van der Waals surface area contributed by atoms with Gasteiger partial charge in [-0.3, -0.25) is 41.7 Å². The standard InChI is InChI=1S/C23H31N4O9P.C22H29N4O8PS.C21H27N4O9P/c1-13(2)18(23(31)34-14(3)4)26-37(32,36-15-8-6-5-7-9-15)33-11-17-19(28)20(29)22(35-17)27-12-25-16(10-24)21(27)30;1-22(2,3)21(30)36-10-9-25-35(31,34-14-7-5-4-6-8-14)32-12-16-17(27)18(28)20(33-16)26-13-24-15(11-23)19(26)29;1-12(2)32-21(29)13(3)24-35(30,34-14-7-5-4-6-8-14)31-10-16-17(26)18(27)20(33-16)25-11-23-15(9-22)19(25)28/h5-9,12-14,17-20,22,28-30H,11H2,1-4H3,(H,26,32);4-8,13,16-18,20,27-29H,9-10,12H2,1-3H3,(H,25,31);4-8,11-13,16-18,20,26-28H,10H2,1-3H3,(H,24,30)/t17-,18+,19-,20-,22-,37?;16-,17-,18-,20-,35?;13-,16+,17+,18+,20+,35?/m110/s1. The van der Waals surface area contributed by atoms with Crippen LogP contribution in [-0.4, -0.2) is 203 Å². The number of aromatic nitrogens is 6. The Labute approximate surface area is 624 Å². The van der Waals surface area contributed by atoms with Crippen LogP contribution in [0.2, 0.25) is 0 Å². The number of para-hydroxylation sites is 3. The van der Waals surface area contributed by atoms with Gasteiger partial charge >= 0.3 is 35.2 Å². The summed E-state index contributed by atoms with van der Waals surface area (Å²) in [7, 11) is -12.5. The molecule has 17 atom stereocenters. The summed E-state index contributed by atoms with van der Waals surface area (Å²) in [6.07, 6.45) is -14.1. The highest BCUT2D eigenvalue weighted by Gasteiger charge is 2.50. The number of rotatable bonds is 31. The summed E-state index contributed by atoms with van der Waals surface area (Å²) in [6.45, 7) is 15.6. The number of carbonyl (C=O) groups excluding carboxylic acids is 3. The van der Waals surface area contributed by atoms with E-state index in [2.05, 4.69) is 30.2 Å². The number of esters is 2. The average Bonchev–Trinajstić information content (AvgIpc) is 1.64. The van der Waals surface area contributed by atoms with Gasteiger partial charge in [-0.2, -0.15) is 26.0 Å². The second kappa shape index (κ2) is 38.8. The lowest BCUT2D eigenvalue weighted by molar-refractivity contribution is -0.151. The molecule has 3 aromatic heterocycles. The van der Waals surface area contributed by atoms with Crippen molar-refractivity contribution in [3.05, 3.63) is 127 Å². The van der Waals surface area contributed by atoms with Gasteiger partial charge in [0.05, 0.1) is 32.0 Å². The van der Waals surface area contributed by atoms with Crippen LogP contribution in [-0.2, 0) is 65.3 Å². The lowest BCUT2D eigenvalue weighted by atomic mass is 10.00. The minimum Gasteiger partial charge on any atom is -0.492 e. The largest absolute Gasteiger partial charge is 0.492 e. The first-order chi connectivity index (χ1) is 50.9. The Morgan fingerprint density at radius 3 is 1.16 bits per heavy atom. The number of aliphatic hydroxyl groups excluding tert-OH is 6. The maximum Gasteiger partial charge on any atom is 0.459 e. The van der Waals surface area contributed by atoms with E-state index in [1.165, 1.54) is 19.1 Å². The number of benzene rings is 3. The molecule has 0 bridgehead atoms. The smallest absolute Gasteiger partial charge is 0.459 e. The van der Waals surface area contributed by atoms with Gasteiger partial charge in [-0.1, -0.05) is 101 Å². The van der Waals surface area contributed by atoms with Crippen molar-refractivity contribution in [3.63, 3.8) is 0 Å². The fraction of sp³-hybridized carbons (Fsp3) is 0.500. The number of aromatic hydroxyl groups is 3. The summed E-state index contributed by atoms with van der Waals surface area (Å²) in [5.74, 6) is -2.37. The van der Waals surface area contributed by atoms with Gasteiger partial charge in [0.25, 0.3) is 0 Å². The van der Waals surface area contributed by atoms with E-state index < -0.39 is 176 Å². The van der Waals surface area contributed by atoms with Gasteiger partial charge in [0, 0.05) is 17.7 Å². The Morgan fingerprint density at radius 1 is 0.519 bits per heavy atom. The Hall–Kier alpha value is -8.39. The average molecular weight is 1590 g/mol. The molecule has 0 aliphatic carbocycles. The lowest BCUT2D eigenvalue weighted by Gasteiger charge is -2.28. The molecule has 3 aliphatic heterocycles. The van der Waals surface area contributed by atoms with E-state index in [0.717, 1.165) is 44.4 Å². The molecule has 0 amide bonds. The Morgan fingerprint density at radius 2 is 0.843 bits per heavy atom. The van der Waals surface area contributed by atoms with Crippen molar-refractivity contribution in [1.82, 2.24) is 43.9 Å². The van der Waals surface area contributed by atoms with Gasteiger partial charge in [0.2, 0.25) is 34.7 Å². The van der Waals surface area contributed by atoms with E-state index in [1.807, 2.05) is 20.8 Å². The third-order valence-corrected chi connectivity index (χ3v) is 21.5. The van der Waals surface area contributed by atoms with E-state index in [1.54, 1.807) is 139 Å². The molecule has 12 N–H and O–H groups in total. The Kier molecular flexibility index (Phi) is 31.2. The van der Waals surface area contributed by atoms with Crippen LogP contribution in [0.4, 0.5) is 0 Å². The van der Waals surface area contributed by atoms with Gasteiger partial charge in [-0.25, -0.2) is 33.7 Å². The molecule has 3 fully saturated rings. The van der Waals surface area contributed by atoms with Crippen LogP contribution in [0.1, 0.15) is 105 Å². The van der Waals surface area contributed by atoms with Crippen molar-refractivity contribution in [2.75, 3.05) is 32.1 Å². The molecule has 3 aliphatic rings. The SMILES string of the molecule is CC(C)(C)C(=O)SCCNP(=O)(OC[C@H]1O[C@@H](n2cnc(C#N)c2O)[C@H](O)[C@@H]1O)Oc1ccccc1.CC(C)OC(=O)[C@@H](NP(=O)(OC[C@H]1O[C@@H](n2cnc(C#N)c2O)[C@H](O)[C@@H]1O)Oc1ccccc1)C(C)C.CC(C)OC(=O)[C@H](C)NP(=O)(OC[C@H]1O[C@@H](n2cnc(C#N)c2O)[C@H](O)[C@@H]1O)Oc1ccccc1. The molecule has 108 heavy (non-hydrogen) atoms. The second-order valence-electron chi connectivity index (χ2n) is 26.0. The quantitative estimate of drug-likeness (QED) is 0.0150. The van der Waals surface area contributed by atoms with Crippen molar-refractivity contribution in [2.45, 2.75) is 167 Å². The molecule has 9 rings (SSSR count). The summed E-state index contributed by atoms with van der Waals surface area (Å²) < 4.78 is 104. The van der Waals surface area contributed by atoms with Crippen LogP contribution in [0.25, 0.3) is 0 Å². The minimum atomic E-state index is -4.28. The first-order valence-corrected chi connectivity index (χ1v) is 39.0. The zero-order valence-electron chi connectivity index (χ0n) is 60.0. The molecule has 6 aromatic rings. The van der Waals surface area contributed by atoms with E-state index in [4.69, 9.17) is 66.6 Å². The fourth-order valence-electron chi connectivity index (χ4n) is 9.93. The van der Waals surface area contributed by atoms with Crippen molar-refractivity contribution >= 4 is 52.1 Å². The molecule has 0 spiro atoms. The van der Waals surface area contributed by atoms with Crippen molar-refractivity contribution < 1.29 is 125 Å². The summed E-state index contributed by atoms with van der Waals surface area (Å²) in [4.78, 5) is 48.1. The number of hydrogen-bond donors (Lipinski definition) is 12. The van der Waals surface area contributed by atoms with Gasteiger partial charge in [-0.05, 0) is 76.9 Å². The summed E-state index contributed by atoms with van der Waals surface area (Å²) in [5, 5.41) is 128. The van der Waals surface area contributed by atoms with Crippen molar-refractivity contribution in [3.8, 4) is 53.1 Å². The number of carbonyl (C=O) groups is 3. The predicted octanol–water partition coefficient (Wildman–Crippen LogP) is 5.24. The van der Waals surface area contributed by atoms with E-state index in [0.29, 0.717) is 5.75 Å². The van der Waals surface area contributed by atoms with Crippen LogP contribution < -0.4 is 28.8 Å². The zero-order valence-corrected chi connectivity index (χ0v) is 63.5. The van der Waals surface area contributed by atoms with Gasteiger partial charge in [-0.15, -0.1) is 0 Å². The number of imidazole rings is 3. The first-order valence-electron chi connectivity index (χ1n) is 33.3. The topological polar surface area (TPSA) is 547 Å². The number of hydrogen-bond acceptors (Lipinski definition) is 33. The number of thioether (sulfide) groups is 1. The molecule has 3 saturated heterocycles. The summed E-state index contributed by atoms with van der Waals surface area (Å²) in [5.41, 5.74) is -1.37. The number of nitriles is 3. The summed E-state index contributed by atoms with van der Waals surface area (Å²) in [6, 6.07) is 27.5. The van der Waals surface area contributed by atoms with Crippen LogP contribution >= 0.6 is 35.0 Å². The van der Waals surface area contributed by atoms with Crippen LogP contribution in [0.5, 0.6) is 34.9 Å². The Bertz CT molecular complexity index is 4230. The van der Waals surface area contributed by atoms with Gasteiger partial charge < -0.3 is 83.2 Å². The number of nitrogens with one attached hydrogen (secondary N) is 3. The van der Waals surface area contributed by atoms with E-state index in [9.17, 15) is 74.0 Å². The number of aliphatic hydroxyl groups is 6. The van der Waals surface area contributed by atoms with Crippen LogP contribution in [0, 0.1) is 45.3 Å². The molecule has 3 aromatic carbocycles. The molecule has 6 heterocycles. The third kappa shape index (κ3) is 23.3. The molecule has 42 heteroatoms. The maximum absolute atomic E-state index is 13.8. The van der Waals surface area contributed by atoms with Crippen molar-refractivity contribution in [1.29, 1.82) is 15.8 Å². The van der Waals surface area contributed by atoms with E-state index >= 15 is 0 Å². The number of nitrogens with zero attached hydrogens (tertiary/aromatic N) is 9. The fourth-order valence-corrected chi connectivity index (χ4v) is 15.4. The van der Waals surface area contributed by atoms with Gasteiger partial charge in [0.15, 0.2) is 23.8 Å². The Balaban J connectivity index is 0.000000226. The molecular formula is C66H87N12O26P3S. The highest BCUT2D eigenvalue weighted by atomic mass is 32.2. The molecule has 588 valence electrons. The molecular weight excluding hydrogens is 1500 g/mol. The second-order valence-corrected chi connectivity index (χ2v) is 32.2. The highest BCUT2D eigenvalue weighted by molar-refractivity contribution is 8.13. The lowest BCUT2D eigenvalue weighted by Crippen LogP contribution is -2.43. The van der Waals surface area contributed by atoms with Crippen molar-refractivity contribution in [2.24, 2.45) is 11.3 Å². The molecule has 0 radical (unpaired) electrons. The maximum atomic E-state index is 13.8.